The highest BCUT2D eigenvalue weighted by Crippen LogP contribution is 2.38. The summed E-state index contributed by atoms with van der Waals surface area (Å²) in [6, 6.07) is 0. The van der Waals surface area contributed by atoms with Crippen LogP contribution >= 0.6 is 0 Å². The van der Waals surface area contributed by atoms with E-state index in [2.05, 4.69) is 18.7 Å². The molecule has 2 rings (SSSR count). The molecule has 0 bridgehead atoms. The van der Waals surface area contributed by atoms with Crippen molar-refractivity contribution in [2.24, 2.45) is 5.92 Å². The number of hydrogen-bond acceptors (Lipinski definition) is 2. The van der Waals surface area contributed by atoms with Gasteiger partial charge in [0, 0.05) is 12.8 Å². The third kappa shape index (κ3) is 1.61. The molecule has 1 saturated heterocycles. The standard InChI is InChI=1S/C12H16O2/c1-9(2)10-3-6-12(7-4-10)8-5-11(13)14-12/h3,6,10H,1,4-5,7-8H2,2H3/t10-,12?/m0/s1. The first-order chi connectivity index (χ1) is 6.61. The lowest BCUT2D eigenvalue weighted by Crippen LogP contribution is -2.29. The van der Waals surface area contributed by atoms with Gasteiger partial charge in [-0.1, -0.05) is 18.2 Å². The molecule has 2 heteroatoms. The van der Waals surface area contributed by atoms with Gasteiger partial charge in [0.1, 0.15) is 5.60 Å². The van der Waals surface area contributed by atoms with E-state index in [1.54, 1.807) is 0 Å². The Morgan fingerprint density at radius 2 is 2.43 bits per heavy atom. The number of hydrogen-bond donors (Lipinski definition) is 0. The second kappa shape index (κ2) is 3.26. The van der Waals surface area contributed by atoms with Crippen LogP contribution in [0.3, 0.4) is 0 Å². The molecule has 1 fully saturated rings. The smallest absolute Gasteiger partial charge is 0.306 e. The summed E-state index contributed by atoms with van der Waals surface area (Å²) >= 11 is 0. The van der Waals surface area contributed by atoms with Crippen molar-refractivity contribution in [1.29, 1.82) is 0 Å². The Bertz CT molecular complexity index is 303. The van der Waals surface area contributed by atoms with E-state index in [1.807, 2.05) is 6.92 Å². The summed E-state index contributed by atoms with van der Waals surface area (Å²) in [6.07, 6.45) is 7.64. The van der Waals surface area contributed by atoms with Crippen molar-refractivity contribution >= 4 is 5.97 Å². The highest BCUT2D eigenvalue weighted by atomic mass is 16.6. The molecule has 0 N–H and O–H groups in total. The van der Waals surface area contributed by atoms with E-state index in [0.717, 1.165) is 19.3 Å². The fraction of sp³-hybridized carbons (Fsp3) is 0.583. The van der Waals surface area contributed by atoms with Crippen LogP contribution in [0.25, 0.3) is 0 Å². The van der Waals surface area contributed by atoms with E-state index >= 15 is 0 Å². The third-order valence-corrected chi connectivity index (χ3v) is 3.21. The quantitative estimate of drug-likeness (QED) is 0.471. The minimum atomic E-state index is -0.261. The molecule has 14 heavy (non-hydrogen) atoms. The number of ether oxygens (including phenoxy) is 1. The molecule has 0 radical (unpaired) electrons. The summed E-state index contributed by atoms with van der Waals surface area (Å²) in [7, 11) is 0. The lowest BCUT2D eigenvalue weighted by atomic mass is 9.81. The Balaban J connectivity index is 2.10. The largest absolute Gasteiger partial charge is 0.455 e. The molecule has 76 valence electrons. The monoisotopic (exact) mass is 192 g/mol. The summed E-state index contributed by atoms with van der Waals surface area (Å²) in [4.78, 5) is 11.1. The molecule has 1 aliphatic heterocycles. The summed E-state index contributed by atoms with van der Waals surface area (Å²) < 4.78 is 5.36. The molecule has 0 amide bonds. The third-order valence-electron chi connectivity index (χ3n) is 3.21. The van der Waals surface area contributed by atoms with E-state index in [4.69, 9.17) is 4.74 Å². The van der Waals surface area contributed by atoms with E-state index in [9.17, 15) is 4.79 Å². The van der Waals surface area contributed by atoms with Crippen LogP contribution in [0.15, 0.2) is 24.3 Å². The van der Waals surface area contributed by atoms with E-state index in [-0.39, 0.29) is 11.6 Å². The predicted molar refractivity (Wildman–Crippen MR) is 54.7 cm³/mol. The van der Waals surface area contributed by atoms with Gasteiger partial charge in [-0.05, 0) is 31.8 Å². The van der Waals surface area contributed by atoms with Crippen molar-refractivity contribution in [3.8, 4) is 0 Å². The first-order valence-electron chi connectivity index (χ1n) is 5.18. The summed E-state index contributed by atoms with van der Waals surface area (Å²) in [5, 5.41) is 0. The van der Waals surface area contributed by atoms with Crippen molar-refractivity contribution in [3.05, 3.63) is 24.3 Å². The Labute approximate surface area is 84.6 Å². The maximum absolute atomic E-state index is 11.1. The maximum atomic E-state index is 11.1. The van der Waals surface area contributed by atoms with Crippen LogP contribution < -0.4 is 0 Å². The number of esters is 1. The van der Waals surface area contributed by atoms with Crippen molar-refractivity contribution < 1.29 is 9.53 Å². The van der Waals surface area contributed by atoms with Crippen LogP contribution in [0.4, 0.5) is 0 Å². The van der Waals surface area contributed by atoms with Crippen molar-refractivity contribution in [1.82, 2.24) is 0 Å². The molecule has 1 aliphatic carbocycles. The maximum Gasteiger partial charge on any atom is 0.306 e. The summed E-state index contributed by atoms with van der Waals surface area (Å²) in [5.41, 5.74) is 0.934. The molecule has 2 atom stereocenters. The van der Waals surface area contributed by atoms with Gasteiger partial charge in [0.15, 0.2) is 0 Å². The molecule has 0 aromatic rings. The Morgan fingerprint density at radius 3 is 2.86 bits per heavy atom. The summed E-state index contributed by atoms with van der Waals surface area (Å²) in [5.74, 6) is 0.420. The van der Waals surface area contributed by atoms with Crippen molar-refractivity contribution in [2.45, 2.75) is 38.2 Å². The van der Waals surface area contributed by atoms with Crippen LogP contribution in [0.5, 0.6) is 0 Å². The van der Waals surface area contributed by atoms with Crippen molar-refractivity contribution in [3.63, 3.8) is 0 Å². The second-order valence-corrected chi connectivity index (χ2v) is 4.39. The Kier molecular flexibility index (Phi) is 2.22. The van der Waals surface area contributed by atoms with E-state index in [1.165, 1.54) is 5.57 Å². The van der Waals surface area contributed by atoms with Crippen molar-refractivity contribution in [2.75, 3.05) is 0 Å². The molecular weight excluding hydrogens is 176 g/mol. The van der Waals surface area contributed by atoms with E-state index in [0.29, 0.717) is 12.3 Å². The molecule has 0 aromatic carbocycles. The number of rotatable bonds is 1. The molecule has 1 unspecified atom stereocenters. The zero-order valence-corrected chi connectivity index (χ0v) is 8.58. The average molecular weight is 192 g/mol. The lowest BCUT2D eigenvalue weighted by Gasteiger charge is -2.30. The van der Waals surface area contributed by atoms with Gasteiger partial charge in [-0.15, -0.1) is 0 Å². The van der Waals surface area contributed by atoms with Gasteiger partial charge in [0.05, 0.1) is 0 Å². The van der Waals surface area contributed by atoms with E-state index < -0.39 is 0 Å². The van der Waals surface area contributed by atoms with Gasteiger partial charge >= 0.3 is 5.97 Å². The topological polar surface area (TPSA) is 26.3 Å². The zero-order valence-electron chi connectivity index (χ0n) is 8.58. The number of carbonyl (C=O) groups excluding carboxylic acids is 1. The van der Waals surface area contributed by atoms with Crippen LogP contribution in [0.2, 0.25) is 0 Å². The highest BCUT2D eigenvalue weighted by Gasteiger charge is 2.40. The van der Waals surface area contributed by atoms with Gasteiger partial charge in [0.25, 0.3) is 0 Å². The van der Waals surface area contributed by atoms with Gasteiger partial charge in [0.2, 0.25) is 0 Å². The van der Waals surface area contributed by atoms with Crippen LogP contribution in [0, 0.1) is 5.92 Å². The van der Waals surface area contributed by atoms with Crippen LogP contribution in [0.1, 0.15) is 32.6 Å². The molecular formula is C12H16O2. The number of carbonyl (C=O) groups is 1. The molecule has 0 saturated carbocycles. The van der Waals surface area contributed by atoms with Gasteiger partial charge < -0.3 is 4.74 Å². The molecule has 1 spiro atoms. The Morgan fingerprint density at radius 1 is 1.64 bits per heavy atom. The minimum Gasteiger partial charge on any atom is -0.455 e. The summed E-state index contributed by atoms with van der Waals surface area (Å²) in [6.45, 7) is 6.00. The van der Waals surface area contributed by atoms with Gasteiger partial charge in [-0.2, -0.15) is 0 Å². The molecule has 2 aliphatic rings. The van der Waals surface area contributed by atoms with Crippen LogP contribution in [-0.2, 0) is 9.53 Å². The average Bonchev–Trinajstić information content (AvgIpc) is 2.48. The van der Waals surface area contributed by atoms with Gasteiger partial charge in [-0.3, -0.25) is 4.79 Å². The second-order valence-electron chi connectivity index (χ2n) is 4.39. The van der Waals surface area contributed by atoms with Crippen LogP contribution in [-0.4, -0.2) is 11.6 Å². The molecule has 1 heterocycles. The predicted octanol–water partition coefficient (Wildman–Crippen LogP) is 2.60. The molecule has 0 aromatic heterocycles. The highest BCUT2D eigenvalue weighted by molar-refractivity contribution is 5.72. The fourth-order valence-corrected chi connectivity index (χ4v) is 2.22. The first-order valence-corrected chi connectivity index (χ1v) is 5.18. The lowest BCUT2D eigenvalue weighted by molar-refractivity contribution is -0.146. The first kappa shape index (κ1) is 9.50. The van der Waals surface area contributed by atoms with Gasteiger partial charge in [-0.25, -0.2) is 0 Å². The Hall–Kier alpha value is -1.05. The SMILES string of the molecule is C=C(C)[C@H]1C=CC2(CCC(=O)O2)CC1. The number of allylic oxidation sites excluding steroid dienone is 2. The fourth-order valence-electron chi connectivity index (χ4n) is 2.22. The minimum absolute atomic E-state index is 0.0524. The normalized spacial score (nSPS) is 36.1. The zero-order chi connectivity index (χ0) is 10.2. The molecule has 2 nitrogen and oxygen atoms in total.